The minimum absolute atomic E-state index is 0.0676. The van der Waals surface area contributed by atoms with Gasteiger partial charge in [-0.1, -0.05) is 36.0 Å². The summed E-state index contributed by atoms with van der Waals surface area (Å²) in [6.07, 6.45) is 2.28. The Labute approximate surface area is 106 Å². The van der Waals surface area contributed by atoms with Gasteiger partial charge in [-0.15, -0.1) is 0 Å². The first-order valence-corrected chi connectivity index (χ1v) is 7.06. The van der Waals surface area contributed by atoms with Crippen LogP contribution < -0.4 is 0 Å². The fourth-order valence-corrected chi connectivity index (χ4v) is 4.70. The average molecular weight is 247 g/mol. The van der Waals surface area contributed by atoms with Crippen molar-refractivity contribution in [3.63, 3.8) is 0 Å². The third kappa shape index (κ3) is 1.49. The number of benzene rings is 1. The molecule has 90 valence electrons. The van der Waals surface area contributed by atoms with Crippen LogP contribution in [-0.4, -0.2) is 22.6 Å². The van der Waals surface area contributed by atoms with E-state index in [9.17, 15) is 4.79 Å². The second kappa shape index (κ2) is 3.85. The molecule has 2 aliphatic heterocycles. The molecule has 0 N–H and O–H groups in total. The molecule has 17 heavy (non-hydrogen) atoms. The average Bonchev–Trinajstić information content (AvgIpc) is 2.84. The molecule has 1 aromatic rings. The van der Waals surface area contributed by atoms with Crippen LogP contribution >= 0.6 is 11.8 Å². The van der Waals surface area contributed by atoms with Crippen LogP contribution in [0, 0.1) is 0 Å². The van der Waals surface area contributed by atoms with Crippen molar-refractivity contribution < 1.29 is 4.79 Å². The molecule has 2 aliphatic rings. The summed E-state index contributed by atoms with van der Waals surface area (Å²) < 4.78 is 0. The lowest BCUT2D eigenvalue weighted by Crippen LogP contribution is -2.41. The molecule has 3 heteroatoms. The van der Waals surface area contributed by atoms with Crippen LogP contribution in [0.5, 0.6) is 0 Å². The fourth-order valence-electron chi connectivity index (χ4n) is 3.15. The van der Waals surface area contributed by atoms with Crippen LogP contribution in [0.2, 0.25) is 0 Å². The Balaban J connectivity index is 2.13. The summed E-state index contributed by atoms with van der Waals surface area (Å²) in [4.78, 5) is 14.6. The molecule has 1 fully saturated rings. The number of likely N-dealkylation sites (tertiary alicyclic amines) is 1. The number of rotatable bonds is 1. The number of carbonyl (C=O) groups excluding carboxylic acids is 1. The van der Waals surface area contributed by atoms with E-state index in [0.717, 1.165) is 18.5 Å². The van der Waals surface area contributed by atoms with E-state index in [1.54, 1.807) is 0 Å². The topological polar surface area (TPSA) is 20.3 Å². The summed E-state index contributed by atoms with van der Waals surface area (Å²) in [5, 5.41) is 0.244. The lowest BCUT2D eigenvalue weighted by Gasteiger charge is -2.37. The van der Waals surface area contributed by atoms with E-state index in [1.165, 1.54) is 23.7 Å². The van der Waals surface area contributed by atoms with Crippen molar-refractivity contribution in [3.8, 4) is 0 Å². The molecule has 2 heterocycles. The van der Waals surface area contributed by atoms with Crippen molar-refractivity contribution in [2.45, 2.75) is 37.6 Å². The van der Waals surface area contributed by atoms with E-state index in [2.05, 4.69) is 30.9 Å². The number of carbonyl (C=O) groups is 1. The van der Waals surface area contributed by atoms with Crippen LogP contribution in [0.4, 0.5) is 0 Å². The molecule has 0 bridgehead atoms. The van der Waals surface area contributed by atoms with E-state index in [0.29, 0.717) is 6.04 Å². The zero-order chi connectivity index (χ0) is 12.0. The third-order valence-corrected chi connectivity index (χ3v) is 5.23. The molecule has 1 unspecified atom stereocenters. The number of fused-ring (bicyclic) bond motifs is 2. The standard InChI is InChI=1S/C14H17NOS/c1-10(2)15-9-5-8-14(15)12-7-4-3-6-11(12)13(16)17-14/h3-4,6-7,10H,5,8-9H2,1-2H3. The summed E-state index contributed by atoms with van der Waals surface area (Å²) >= 11 is 1.53. The van der Waals surface area contributed by atoms with Gasteiger partial charge in [0.05, 0.1) is 0 Å². The molecule has 1 saturated heterocycles. The van der Waals surface area contributed by atoms with E-state index in [1.807, 2.05) is 12.1 Å². The molecule has 1 atom stereocenters. The van der Waals surface area contributed by atoms with Gasteiger partial charge in [-0.3, -0.25) is 9.69 Å². The third-order valence-electron chi connectivity index (χ3n) is 3.83. The maximum atomic E-state index is 12.1. The molecular weight excluding hydrogens is 230 g/mol. The molecule has 0 aromatic heterocycles. The molecule has 0 saturated carbocycles. The Kier molecular flexibility index (Phi) is 2.56. The Morgan fingerprint density at radius 1 is 1.35 bits per heavy atom. The highest BCUT2D eigenvalue weighted by Gasteiger charge is 2.51. The number of thioether (sulfide) groups is 1. The molecule has 0 amide bonds. The zero-order valence-corrected chi connectivity index (χ0v) is 11.1. The van der Waals surface area contributed by atoms with Crippen LogP contribution in [0.25, 0.3) is 0 Å². The smallest absolute Gasteiger partial charge is 0.221 e. The molecular formula is C14H17NOS. The summed E-state index contributed by atoms with van der Waals surface area (Å²) in [5.41, 5.74) is 2.16. The van der Waals surface area contributed by atoms with Crippen molar-refractivity contribution in [2.24, 2.45) is 0 Å². The Hall–Kier alpha value is -0.800. The SMILES string of the molecule is CC(C)N1CCCC12SC(=O)c1ccccc12. The van der Waals surface area contributed by atoms with Gasteiger partial charge in [0.15, 0.2) is 0 Å². The first-order chi connectivity index (χ1) is 8.15. The highest BCUT2D eigenvalue weighted by molar-refractivity contribution is 8.15. The van der Waals surface area contributed by atoms with Gasteiger partial charge < -0.3 is 0 Å². The molecule has 0 radical (unpaired) electrons. The predicted octanol–water partition coefficient (Wildman–Crippen LogP) is 3.23. The second-order valence-electron chi connectivity index (χ2n) is 5.11. The summed E-state index contributed by atoms with van der Waals surface area (Å²) in [6.45, 7) is 5.55. The van der Waals surface area contributed by atoms with Crippen molar-refractivity contribution >= 4 is 16.9 Å². The summed E-state index contributed by atoms with van der Waals surface area (Å²) in [5.74, 6) is 0. The lowest BCUT2D eigenvalue weighted by atomic mass is 9.98. The minimum Gasteiger partial charge on any atom is -0.282 e. The molecule has 2 nitrogen and oxygen atoms in total. The monoisotopic (exact) mass is 247 g/mol. The van der Waals surface area contributed by atoms with Gasteiger partial charge in [0.1, 0.15) is 4.87 Å². The van der Waals surface area contributed by atoms with Gasteiger partial charge in [-0.2, -0.15) is 0 Å². The molecule has 1 aromatic carbocycles. The fraction of sp³-hybridized carbons (Fsp3) is 0.500. The first kappa shape index (κ1) is 11.3. The highest BCUT2D eigenvalue weighted by Crippen LogP contribution is 2.55. The highest BCUT2D eigenvalue weighted by atomic mass is 32.2. The quantitative estimate of drug-likeness (QED) is 0.760. The Bertz CT molecular complexity index is 471. The number of hydrogen-bond donors (Lipinski definition) is 0. The Morgan fingerprint density at radius 2 is 2.12 bits per heavy atom. The molecule has 1 spiro atoms. The van der Waals surface area contributed by atoms with Crippen LogP contribution in [0.3, 0.4) is 0 Å². The van der Waals surface area contributed by atoms with Gasteiger partial charge >= 0.3 is 0 Å². The largest absolute Gasteiger partial charge is 0.282 e. The van der Waals surface area contributed by atoms with Crippen LogP contribution in [0.1, 0.15) is 42.6 Å². The van der Waals surface area contributed by atoms with Crippen LogP contribution in [-0.2, 0) is 4.87 Å². The van der Waals surface area contributed by atoms with Gasteiger partial charge in [0, 0.05) is 18.2 Å². The van der Waals surface area contributed by atoms with Crippen molar-refractivity contribution in [3.05, 3.63) is 35.4 Å². The van der Waals surface area contributed by atoms with E-state index in [4.69, 9.17) is 0 Å². The van der Waals surface area contributed by atoms with E-state index < -0.39 is 0 Å². The van der Waals surface area contributed by atoms with Crippen molar-refractivity contribution in [1.82, 2.24) is 4.90 Å². The zero-order valence-electron chi connectivity index (χ0n) is 10.3. The first-order valence-electron chi connectivity index (χ1n) is 6.25. The summed E-state index contributed by atoms with van der Waals surface area (Å²) in [6, 6.07) is 8.61. The number of nitrogens with zero attached hydrogens (tertiary/aromatic N) is 1. The van der Waals surface area contributed by atoms with E-state index >= 15 is 0 Å². The maximum absolute atomic E-state index is 12.1. The normalized spacial score (nSPS) is 28.3. The molecule has 0 aliphatic carbocycles. The second-order valence-corrected chi connectivity index (χ2v) is 6.36. The Morgan fingerprint density at radius 3 is 2.88 bits per heavy atom. The maximum Gasteiger partial charge on any atom is 0.221 e. The van der Waals surface area contributed by atoms with Gasteiger partial charge in [-0.25, -0.2) is 0 Å². The van der Waals surface area contributed by atoms with Crippen molar-refractivity contribution in [1.29, 1.82) is 0 Å². The number of hydrogen-bond acceptors (Lipinski definition) is 3. The van der Waals surface area contributed by atoms with E-state index in [-0.39, 0.29) is 9.99 Å². The van der Waals surface area contributed by atoms with Crippen LogP contribution in [0.15, 0.2) is 24.3 Å². The minimum atomic E-state index is -0.0676. The van der Waals surface area contributed by atoms with Crippen molar-refractivity contribution in [2.75, 3.05) is 6.54 Å². The summed E-state index contributed by atoms with van der Waals surface area (Å²) in [7, 11) is 0. The van der Waals surface area contributed by atoms with Gasteiger partial charge in [0.25, 0.3) is 0 Å². The molecule has 3 rings (SSSR count). The predicted molar refractivity (Wildman–Crippen MR) is 71.1 cm³/mol. The van der Waals surface area contributed by atoms with Gasteiger partial charge in [0.2, 0.25) is 5.12 Å². The van der Waals surface area contributed by atoms with Gasteiger partial charge in [-0.05, 0) is 32.3 Å². The lowest BCUT2D eigenvalue weighted by molar-refractivity contribution is 0.109.